The molecule has 0 unspecified atom stereocenters. The first-order valence-corrected chi connectivity index (χ1v) is 11.5. The summed E-state index contributed by atoms with van der Waals surface area (Å²) in [6.45, 7) is 1.90. The number of aliphatic hydroxyl groups excluding tert-OH is 5. The average molecular weight is 500 g/mol. The number of amides is 1. The number of hydrogen-bond acceptors (Lipinski definition) is 11. The number of hydrogen-bond donors (Lipinski definition) is 5. The molecule has 3 saturated heterocycles. The lowest BCUT2D eigenvalue weighted by Gasteiger charge is -2.47. The van der Waals surface area contributed by atoms with Crippen molar-refractivity contribution in [3.63, 3.8) is 0 Å². The van der Waals surface area contributed by atoms with Crippen LogP contribution in [0, 0.1) is 0 Å². The fourth-order valence-corrected chi connectivity index (χ4v) is 4.72. The molecule has 0 spiro atoms. The third-order valence-corrected chi connectivity index (χ3v) is 6.45. The molecule has 3 aliphatic heterocycles. The standard InChI is InChI=1S/C23H33NO11/c1-23(2)34-19-15(10-26)32-21(17(29)20(19)35-23)33-18-13(9-25)24(8-14(27)16(18)28)22(30)31-11-12-6-4-3-5-7-12/h3-7,13-21,25-29H,8-11H2,1-2H3/t13-,14+,15-,16-,17-,18-,19+,20-,21+/m1/s1. The van der Waals surface area contributed by atoms with Crippen LogP contribution in [0.15, 0.2) is 30.3 Å². The lowest BCUT2D eigenvalue weighted by molar-refractivity contribution is -0.314. The molecular formula is C23H33NO11. The van der Waals surface area contributed by atoms with Crippen molar-refractivity contribution in [1.82, 2.24) is 4.90 Å². The molecule has 196 valence electrons. The summed E-state index contributed by atoms with van der Waals surface area (Å²) in [4.78, 5) is 13.9. The van der Waals surface area contributed by atoms with Gasteiger partial charge < -0.3 is 49.2 Å². The number of carbonyl (C=O) groups excluding carboxylic acids is 1. The molecule has 35 heavy (non-hydrogen) atoms. The van der Waals surface area contributed by atoms with Gasteiger partial charge in [-0.1, -0.05) is 30.3 Å². The Hall–Kier alpha value is -1.87. The minimum absolute atomic E-state index is 0.0304. The molecule has 1 amide bonds. The minimum atomic E-state index is -1.51. The van der Waals surface area contributed by atoms with Gasteiger partial charge in [0.1, 0.15) is 49.3 Å². The zero-order valence-corrected chi connectivity index (χ0v) is 19.5. The van der Waals surface area contributed by atoms with Crippen molar-refractivity contribution in [1.29, 1.82) is 0 Å². The Morgan fingerprint density at radius 3 is 2.40 bits per heavy atom. The van der Waals surface area contributed by atoms with Gasteiger partial charge in [-0.3, -0.25) is 4.90 Å². The van der Waals surface area contributed by atoms with Crippen LogP contribution in [0.25, 0.3) is 0 Å². The van der Waals surface area contributed by atoms with Gasteiger partial charge in [0.25, 0.3) is 0 Å². The molecule has 0 radical (unpaired) electrons. The Morgan fingerprint density at radius 2 is 1.74 bits per heavy atom. The number of fused-ring (bicyclic) bond motifs is 1. The third kappa shape index (κ3) is 5.45. The van der Waals surface area contributed by atoms with E-state index in [1.165, 1.54) is 0 Å². The van der Waals surface area contributed by atoms with Gasteiger partial charge in [-0.05, 0) is 19.4 Å². The molecule has 0 saturated carbocycles. The van der Waals surface area contributed by atoms with Gasteiger partial charge in [-0.15, -0.1) is 0 Å². The topological polar surface area (TPSA) is 168 Å². The van der Waals surface area contributed by atoms with Crippen LogP contribution in [0.4, 0.5) is 4.79 Å². The van der Waals surface area contributed by atoms with Gasteiger partial charge in [-0.2, -0.15) is 0 Å². The van der Waals surface area contributed by atoms with Crippen LogP contribution in [0.1, 0.15) is 19.4 Å². The number of piperidine rings is 1. The Kier molecular flexibility index (Phi) is 7.95. The van der Waals surface area contributed by atoms with Crippen LogP contribution in [0.2, 0.25) is 0 Å². The number of carbonyl (C=O) groups is 1. The molecule has 0 bridgehead atoms. The summed E-state index contributed by atoms with van der Waals surface area (Å²) in [6.07, 6.45) is -10.4. The molecule has 3 fully saturated rings. The second-order valence-electron chi connectivity index (χ2n) is 9.38. The summed E-state index contributed by atoms with van der Waals surface area (Å²) in [5.41, 5.74) is 0.747. The van der Waals surface area contributed by atoms with E-state index in [-0.39, 0.29) is 13.2 Å². The first-order chi connectivity index (χ1) is 16.6. The van der Waals surface area contributed by atoms with Crippen molar-refractivity contribution in [2.75, 3.05) is 19.8 Å². The monoisotopic (exact) mass is 499 g/mol. The lowest BCUT2D eigenvalue weighted by atomic mass is 9.93. The maximum atomic E-state index is 12.8. The zero-order valence-electron chi connectivity index (χ0n) is 19.5. The van der Waals surface area contributed by atoms with Crippen LogP contribution in [-0.2, 0) is 30.3 Å². The number of ether oxygens (including phenoxy) is 5. The van der Waals surface area contributed by atoms with Crippen LogP contribution in [0.3, 0.4) is 0 Å². The first kappa shape index (κ1) is 26.2. The fourth-order valence-electron chi connectivity index (χ4n) is 4.72. The normalized spacial score (nSPS) is 38.7. The number of β-amino-alcohol motifs (C(OH)–C–C–N with tert-alkyl or cyclic N) is 1. The fraction of sp³-hybridized carbons (Fsp3) is 0.696. The van der Waals surface area contributed by atoms with Crippen molar-refractivity contribution < 1.29 is 54.0 Å². The molecule has 0 aromatic heterocycles. The zero-order chi connectivity index (χ0) is 25.3. The number of aliphatic hydroxyl groups is 5. The molecule has 5 N–H and O–H groups in total. The highest BCUT2D eigenvalue weighted by atomic mass is 16.8. The van der Waals surface area contributed by atoms with E-state index >= 15 is 0 Å². The van der Waals surface area contributed by atoms with Crippen LogP contribution in [0.5, 0.6) is 0 Å². The van der Waals surface area contributed by atoms with Crippen molar-refractivity contribution in [2.45, 2.75) is 81.3 Å². The third-order valence-electron chi connectivity index (χ3n) is 6.45. The highest BCUT2D eigenvalue weighted by Crippen LogP contribution is 2.38. The number of nitrogens with zero attached hydrogens (tertiary/aromatic N) is 1. The number of benzene rings is 1. The van der Waals surface area contributed by atoms with Gasteiger partial charge in [0, 0.05) is 0 Å². The summed E-state index contributed by atoms with van der Waals surface area (Å²) in [5.74, 6) is -1.03. The number of rotatable bonds is 6. The Balaban J connectivity index is 1.48. The summed E-state index contributed by atoms with van der Waals surface area (Å²) in [7, 11) is 0. The van der Waals surface area contributed by atoms with Gasteiger partial charge in [0.2, 0.25) is 0 Å². The summed E-state index contributed by atoms with van der Waals surface area (Å²) < 4.78 is 28.4. The van der Waals surface area contributed by atoms with Crippen molar-refractivity contribution in [2.24, 2.45) is 0 Å². The maximum Gasteiger partial charge on any atom is 0.410 e. The Labute approximate surface area is 202 Å². The molecule has 3 aliphatic rings. The van der Waals surface area contributed by atoms with Crippen molar-refractivity contribution >= 4 is 6.09 Å². The number of likely N-dealkylation sites (tertiary alicyclic amines) is 1. The molecular weight excluding hydrogens is 466 g/mol. The molecule has 12 heteroatoms. The smallest absolute Gasteiger partial charge is 0.410 e. The molecule has 0 aliphatic carbocycles. The Morgan fingerprint density at radius 1 is 1.06 bits per heavy atom. The van der Waals surface area contributed by atoms with Crippen LogP contribution < -0.4 is 0 Å². The quantitative estimate of drug-likeness (QED) is 0.316. The van der Waals surface area contributed by atoms with E-state index < -0.39 is 80.2 Å². The summed E-state index contributed by atoms with van der Waals surface area (Å²) in [6, 6.07) is 7.86. The van der Waals surface area contributed by atoms with E-state index in [2.05, 4.69) is 0 Å². The van der Waals surface area contributed by atoms with Crippen LogP contribution in [-0.4, -0.2) is 117 Å². The average Bonchev–Trinajstić information content (AvgIpc) is 3.18. The van der Waals surface area contributed by atoms with E-state index in [4.69, 9.17) is 23.7 Å². The van der Waals surface area contributed by atoms with Gasteiger partial charge >= 0.3 is 6.09 Å². The molecule has 3 heterocycles. The van der Waals surface area contributed by atoms with Crippen molar-refractivity contribution in [3.05, 3.63) is 35.9 Å². The largest absolute Gasteiger partial charge is 0.445 e. The first-order valence-electron chi connectivity index (χ1n) is 11.5. The molecule has 4 rings (SSSR count). The van der Waals surface area contributed by atoms with E-state index in [0.29, 0.717) is 0 Å². The molecule has 9 atom stereocenters. The summed E-state index contributed by atoms with van der Waals surface area (Å²) in [5, 5.41) is 51.8. The second-order valence-corrected chi connectivity index (χ2v) is 9.38. The summed E-state index contributed by atoms with van der Waals surface area (Å²) >= 11 is 0. The van der Waals surface area contributed by atoms with Gasteiger partial charge in [0.15, 0.2) is 12.1 Å². The van der Waals surface area contributed by atoms with Gasteiger partial charge in [-0.25, -0.2) is 4.79 Å². The highest BCUT2D eigenvalue weighted by Gasteiger charge is 2.56. The molecule has 12 nitrogen and oxygen atoms in total. The van der Waals surface area contributed by atoms with Crippen molar-refractivity contribution in [3.8, 4) is 0 Å². The highest BCUT2D eigenvalue weighted by molar-refractivity contribution is 5.68. The van der Waals surface area contributed by atoms with E-state index in [9.17, 15) is 30.3 Å². The Bertz CT molecular complexity index is 855. The molecule has 1 aromatic carbocycles. The predicted molar refractivity (Wildman–Crippen MR) is 117 cm³/mol. The predicted octanol–water partition coefficient (Wildman–Crippen LogP) is -1.30. The SMILES string of the molecule is CC1(C)O[C@@H]2[C@@H](O)[C@H](O[C@H]3[C@H](O)[C@@H](O)CN(C(=O)OCc4ccccc4)[C@@H]3CO)O[C@H](CO)[C@@H]2O1. The van der Waals surface area contributed by atoms with Crippen LogP contribution >= 0.6 is 0 Å². The van der Waals surface area contributed by atoms with E-state index in [1.807, 2.05) is 6.07 Å². The van der Waals surface area contributed by atoms with E-state index in [1.54, 1.807) is 38.1 Å². The minimum Gasteiger partial charge on any atom is -0.445 e. The molecule has 1 aromatic rings. The maximum absolute atomic E-state index is 12.8. The van der Waals surface area contributed by atoms with E-state index in [0.717, 1.165) is 10.5 Å². The van der Waals surface area contributed by atoms with Gasteiger partial charge in [0.05, 0.1) is 25.8 Å². The second kappa shape index (κ2) is 10.6. The lowest BCUT2D eigenvalue weighted by Crippen LogP contribution is -2.67.